The molecule has 29 heavy (non-hydrogen) atoms. The molecule has 0 spiro atoms. The molecule has 1 amide bonds. The standard InChI is InChI=1S/C23H22N4O2/c1-15-24-16(2)27(26-15)14-17-8-10-18(11-9-17)20-7-5-4-6-19(20)12-21-22(29-3)13-23(28)25-21/h4-13H,14H2,1-3H3,(H,25,28). The van der Waals surface area contributed by atoms with Gasteiger partial charge in [0.1, 0.15) is 17.4 Å². The number of nitrogens with zero attached hydrogens (tertiary/aromatic N) is 3. The summed E-state index contributed by atoms with van der Waals surface area (Å²) in [5.41, 5.74) is 5.00. The Bertz CT molecular complexity index is 1120. The molecule has 0 radical (unpaired) electrons. The second kappa shape index (κ2) is 7.75. The third-order valence-electron chi connectivity index (χ3n) is 4.83. The SMILES string of the molecule is COC1=CC(=O)NC1=Cc1ccccc1-c1ccc(Cn2nc(C)nc2C)cc1. The first-order chi connectivity index (χ1) is 14.0. The van der Waals surface area contributed by atoms with Crippen molar-refractivity contribution in [3.8, 4) is 11.1 Å². The lowest BCUT2D eigenvalue weighted by molar-refractivity contribution is -0.115. The Hall–Kier alpha value is -3.67. The number of hydrogen-bond acceptors (Lipinski definition) is 4. The van der Waals surface area contributed by atoms with Gasteiger partial charge in [0, 0.05) is 6.08 Å². The smallest absolute Gasteiger partial charge is 0.252 e. The fraction of sp³-hybridized carbons (Fsp3) is 0.174. The molecule has 0 aliphatic carbocycles. The van der Waals surface area contributed by atoms with Crippen molar-refractivity contribution < 1.29 is 9.53 Å². The number of benzene rings is 2. The molecule has 0 atom stereocenters. The van der Waals surface area contributed by atoms with E-state index >= 15 is 0 Å². The number of nitrogens with one attached hydrogen (secondary N) is 1. The van der Waals surface area contributed by atoms with Gasteiger partial charge < -0.3 is 10.1 Å². The second-order valence-electron chi connectivity index (χ2n) is 6.91. The summed E-state index contributed by atoms with van der Waals surface area (Å²) in [6, 6.07) is 16.5. The highest BCUT2D eigenvalue weighted by Crippen LogP contribution is 2.27. The molecule has 146 valence electrons. The molecule has 0 fully saturated rings. The summed E-state index contributed by atoms with van der Waals surface area (Å²) in [4.78, 5) is 16.0. The van der Waals surface area contributed by atoms with Crippen LogP contribution in [-0.2, 0) is 16.1 Å². The van der Waals surface area contributed by atoms with E-state index in [1.54, 1.807) is 7.11 Å². The number of aryl methyl sites for hydroxylation is 2. The average Bonchev–Trinajstić information content (AvgIpc) is 3.23. The number of methoxy groups -OCH3 is 1. The van der Waals surface area contributed by atoms with Gasteiger partial charge in [0.2, 0.25) is 0 Å². The molecule has 0 unspecified atom stereocenters. The summed E-state index contributed by atoms with van der Waals surface area (Å²) < 4.78 is 7.20. The fourth-order valence-electron chi connectivity index (χ4n) is 3.42. The van der Waals surface area contributed by atoms with Gasteiger partial charge in [0.05, 0.1) is 19.4 Å². The molecule has 0 saturated carbocycles. The average molecular weight is 386 g/mol. The van der Waals surface area contributed by atoms with Gasteiger partial charge in [-0.3, -0.25) is 4.79 Å². The zero-order valence-electron chi connectivity index (χ0n) is 16.6. The van der Waals surface area contributed by atoms with E-state index in [1.807, 2.05) is 42.8 Å². The van der Waals surface area contributed by atoms with E-state index in [4.69, 9.17) is 4.74 Å². The fourth-order valence-corrected chi connectivity index (χ4v) is 3.42. The lowest BCUT2D eigenvalue weighted by Gasteiger charge is -2.10. The molecule has 1 N–H and O–H groups in total. The molecule has 2 heterocycles. The van der Waals surface area contributed by atoms with E-state index < -0.39 is 0 Å². The molecule has 0 saturated heterocycles. The van der Waals surface area contributed by atoms with Gasteiger partial charge in [-0.05, 0) is 42.2 Å². The molecule has 1 aliphatic rings. The number of hydrogen-bond donors (Lipinski definition) is 1. The predicted molar refractivity (Wildman–Crippen MR) is 112 cm³/mol. The topological polar surface area (TPSA) is 69.0 Å². The second-order valence-corrected chi connectivity index (χ2v) is 6.91. The van der Waals surface area contributed by atoms with Crippen LogP contribution in [0.15, 0.2) is 66.1 Å². The van der Waals surface area contributed by atoms with Gasteiger partial charge in [0.25, 0.3) is 5.91 Å². The molecule has 2 aromatic carbocycles. The van der Waals surface area contributed by atoms with Crippen LogP contribution in [0.4, 0.5) is 0 Å². The van der Waals surface area contributed by atoms with Crippen molar-refractivity contribution in [1.82, 2.24) is 20.1 Å². The predicted octanol–water partition coefficient (Wildman–Crippen LogP) is 3.61. The molecule has 1 aromatic heterocycles. The first-order valence-electron chi connectivity index (χ1n) is 9.38. The van der Waals surface area contributed by atoms with Gasteiger partial charge in [0.15, 0.2) is 0 Å². The maximum absolute atomic E-state index is 11.7. The minimum absolute atomic E-state index is 0.173. The van der Waals surface area contributed by atoms with Crippen molar-refractivity contribution in [1.29, 1.82) is 0 Å². The minimum Gasteiger partial charge on any atom is -0.494 e. The van der Waals surface area contributed by atoms with Crippen LogP contribution < -0.4 is 5.32 Å². The van der Waals surface area contributed by atoms with Gasteiger partial charge in [-0.2, -0.15) is 5.10 Å². The lowest BCUT2D eigenvalue weighted by atomic mass is 9.98. The summed E-state index contributed by atoms with van der Waals surface area (Å²) in [7, 11) is 1.56. The van der Waals surface area contributed by atoms with E-state index in [2.05, 4.69) is 45.7 Å². The summed E-state index contributed by atoms with van der Waals surface area (Å²) in [6.45, 7) is 4.55. The molecule has 4 rings (SSSR count). The van der Waals surface area contributed by atoms with Gasteiger partial charge in [-0.15, -0.1) is 0 Å². The van der Waals surface area contributed by atoms with Crippen LogP contribution in [0.3, 0.4) is 0 Å². The summed E-state index contributed by atoms with van der Waals surface area (Å²) >= 11 is 0. The number of amides is 1. The maximum atomic E-state index is 11.7. The summed E-state index contributed by atoms with van der Waals surface area (Å²) in [5, 5.41) is 7.24. The Balaban J connectivity index is 1.62. The molecular weight excluding hydrogens is 364 g/mol. The monoisotopic (exact) mass is 386 g/mol. The van der Waals surface area contributed by atoms with Gasteiger partial charge >= 0.3 is 0 Å². The number of aromatic nitrogens is 3. The van der Waals surface area contributed by atoms with E-state index in [1.165, 1.54) is 6.08 Å². The van der Waals surface area contributed by atoms with E-state index in [0.717, 1.165) is 33.9 Å². The zero-order chi connectivity index (χ0) is 20.4. The third kappa shape index (κ3) is 3.96. The van der Waals surface area contributed by atoms with Crippen molar-refractivity contribution in [3.63, 3.8) is 0 Å². The number of ether oxygens (including phenoxy) is 1. The van der Waals surface area contributed by atoms with Crippen molar-refractivity contribution >= 4 is 12.0 Å². The first-order valence-corrected chi connectivity index (χ1v) is 9.38. The molecule has 6 heteroatoms. The maximum Gasteiger partial charge on any atom is 0.252 e. The number of rotatable bonds is 5. The molecular formula is C23H22N4O2. The first kappa shape index (κ1) is 18.7. The van der Waals surface area contributed by atoms with Crippen molar-refractivity contribution in [2.45, 2.75) is 20.4 Å². The molecule has 3 aromatic rings. The number of carbonyl (C=O) groups is 1. The zero-order valence-corrected chi connectivity index (χ0v) is 16.6. The summed E-state index contributed by atoms with van der Waals surface area (Å²) in [5.74, 6) is 2.06. The van der Waals surface area contributed by atoms with Crippen LogP contribution in [0.25, 0.3) is 17.2 Å². The Labute approximate surface area is 169 Å². The molecule has 0 bridgehead atoms. The van der Waals surface area contributed by atoms with Crippen LogP contribution in [0.1, 0.15) is 22.8 Å². The summed E-state index contributed by atoms with van der Waals surface area (Å²) in [6.07, 6.45) is 3.39. The lowest BCUT2D eigenvalue weighted by Crippen LogP contribution is -2.13. The highest BCUT2D eigenvalue weighted by Gasteiger charge is 2.18. The van der Waals surface area contributed by atoms with Crippen molar-refractivity contribution in [2.75, 3.05) is 7.11 Å². The minimum atomic E-state index is -0.173. The molecule has 6 nitrogen and oxygen atoms in total. The van der Waals surface area contributed by atoms with E-state index in [-0.39, 0.29) is 5.91 Å². The van der Waals surface area contributed by atoms with E-state index in [9.17, 15) is 4.79 Å². The van der Waals surface area contributed by atoms with E-state index in [0.29, 0.717) is 18.0 Å². The molecule has 1 aliphatic heterocycles. The van der Waals surface area contributed by atoms with Crippen molar-refractivity contribution in [2.24, 2.45) is 0 Å². The Morgan fingerprint density at radius 1 is 1.10 bits per heavy atom. The Morgan fingerprint density at radius 2 is 1.86 bits per heavy atom. The number of carbonyl (C=O) groups excluding carboxylic acids is 1. The highest BCUT2D eigenvalue weighted by molar-refractivity contribution is 5.96. The van der Waals surface area contributed by atoms with Crippen LogP contribution in [0.5, 0.6) is 0 Å². The van der Waals surface area contributed by atoms with Gasteiger partial charge in [-0.25, -0.2) is 9.67 Å². The Kier molecular flexibility index (Phi) is 4.99. The van der Waals surface area contributed by atoms with Crippen LogP contribution in [-0.4, -0.2) is 27.8 Å². The highest BCUT2D eigenvalue weighted by atomic mass is 16.5. The van der Waals surface area contributed by atoms with Crippen LogP contribution in [0, 0.1) is 13.8 Å². The van der Waals surface area contributed by atoms with Crippen LogP contribution >= 0.6 is 0 Å². The Morgan fingerprint density at radius 3 is 2.55 bits per heavy atom. The van der Waals surface area contributed by atoms with Gasteiger partial charge in [-0.1, -0.05) is 48.5 Å². The third-order valence-corrected chi connectivity index (χ3v) is 4.83. The largest absolute Gasteiger partial charge is 0.494 e. The van der Waals surface area contributed by atoms with Crippen molar-refractivity contribution in [3.05, 3.63) is 88.8 Å². The quantitative estimate of drug-likeness (QED) is 0.727. The van der Waals surface area contributed by atoms with Crippen LogP contribution in [0.2, 0.25) is 0 Å². The normalized spacial score (nSPS) is 14.8.